The highest BCUT2D eigenvalue weighted by molar-refractivity contribution is 6.32. The second-order valence-electron chi connectivity index (χ2n) is 7.06. The van der Waals surface area contributed by atoms with Gasteiger partial charge in [0.2, 0.25) is 5.91 Å². The summed E-state index contributed by atoms with van der Waals surface area (Å²) in [5, 5.41) is 10.6. The first-order chi connectivity index (χ1) is 11.4. The minimum Gasteiger partial charge on any atom is -0.393 e. The van der Waals surface area contributed by atoms with E-state index in [1.54, 1.807) is 6.92 Å². The van der Waals surface area contributed by atoms with E-state index in [1.807, 2.05) is 43.1 Å². The van der Waals surface area contributed by atoms with Crippen LogP contribution in [0.2, 0.25) is 5.02 Å². The van der Waals surface area contributed by atoms with Crippen LogP contribution < -0.4 is 0 Å². The van der Waals surface area contributed by atoms with Crippen molar-refractivity contribution in [3.63, 3.8) is 0 Å². The summed E-state index contributed by atoms with van der Waals surface area (Å²) in [6, 6.07) is 7.24. The van der Waals surface area contributed by atoms with Crippen LogP contribution in [0, 0.1) is 5.92 Å². The molecule has 1 aromatic rings. The third kappa shape index (κ3) is 2.56. The van der Waals surface area contributed by atoms with Crippen LogP contribution in [0.15, 0.2) is 29.3 Å². The molecule has 1 aromatic carbocycles. The molecular weight excluding hydrogens is 324 g/mol. The number of hydrogen-bond donors (Lipinski definition) is 1. The molecule has 0 bridgehead atoms. The highest BCUT2D eigenvalue weighted by atomic mass is 35.5. The van der Waals surface area contributed by atoms with Gasteiger partial charge in [-0.1, -0.05) is 36.7 Å². The largest absolute Gasteiger partial charge is 0.393 e. The molecule has 4 nitrogen and oxygen atoms in total. The highest BCUT2D eigenvalue weighted by Gasteiger charge is 2.51. The Kier molecular flexibility index (Phi) is 4.71. The molecule has 1 aliphatic heterocycles. The van der Waals surface area contributed by atoms with E-state index in [2.05, 4.69) is 0 Å². The number of hydrogen-bond acceptors (Lipinski definition) is 3. The van der Waals surface area contributed by atoms with Crippen LogP contribution in [-0.4, -0.2) is 40.8 Å². The third-order valence-corrected chi connectivity index (χ3v) is 6.04. The monoisotopic (exact) mass is 348 g/mol. The fourth-order valence-corrected chi connectivity index (χ4v) is 4.33. The summed E-state index contributed by atoms with van der Waals surface area (Å²) in [7, 11) is 1.85. The van der Waals surface area contributed by atoms with Gasteiger partial charge in [-0.3, -0.25) is 9.79 Å². The second-order valence-corrected chi connectivity index (χ2v) is 7.47. The van der Waals surface area contributed by atoms with E-state index in [0.29, 0.717) is 5.02 Å². The van der Waals surface area contributed by atoms with Crippen LogP contribution in [0.3, 0.4) is 0 Å². The number of halogens is 1. The summed E-state index contributed by atoms with van der Waals surface area (Å²) in [5.41, 5.74) is 1.45. The van der Waals surface area contributed by atoms with E-state index in [9.17, 15) is 9.90 Å². The van der Waals surface area contributed by atoms with Crippen molar-refractivity contribution in [2.24, 2.45) is 10.9 Å². The molecule has 5 heteroatoms. The molecule has 4 unspecified atom stereocenters. The van der Waals surface area contributed by atoms with E-state index in [1.165, 1.54) is 0 Å². The van der Waals surface area contributed by atoms with Gasteiger partial charge in [0.25, 0.3) is 0 Å². The Balaban J connectivity index is 2.15. The van der Waals surface area contributed by atoms with Gasteiger partial charge in [-0.15, -0.1) is 0 Å². The zero-order valence-corrected chi connectivity index (χ0v) is 15.3. The smallest absolute Gasteiger partial charge is 0.248 e. The number of aliphatic hydroxyl groups excluding tert-OH is 1. The zero-order valence-electron chi connectivity index (χ0n) is 14.5. The minimum absolute atomic E-state index is 0.0334. The maximum atomic E-state index is 13.1. The maximum absolute atomic E-state index is 13.1. The number of amides is 1. The van der Waals surface area contributed by atoms with Crippen molar-refractivity contribution in [2.75, 3.05) is 7.05 Å². The molecule has 1 heterocycles. The minimum atomic E-state index is -0.576. The zero-order chi connectivity index (χ0) is 17.5. The van der Waals surface area contributed by atoms with Crippen molar-refractivity contribution in [3.05, 3.63) is 34.9 Å². The molecule has 1 amide bonds. The number of carbonyl (C=O) groups excluding carboxylic acids is 1. The van der Waals surface area contributed by atoms with Crippen molar-refractivity contribution >= 4 is 23.2 Å². The third-order valence-electron chi connectivity index (χ3n) is 5.71. The van der Waals surface area contributed by atoms with Gasteiger partial charge in [-0.25, -0.2) is 0 Å². The number of nitrogens with zero attached hydrogens (tertiary/aromatic N) is 2. The quantitative estimate of drug-likeness (QED) is 0.910. The molecule has 0 aromatic heterocycles. The van der Waals surface area contributed by atoms with E-state index in [4.69, 9.17) is 16.6 Å². The number of aliphatic hydroxyl groups is 1. The van der Waals surface area contributed by atoms with Crippen LogP contribution in [0.4, 0.5) is 0 Å². The lowest BCUT2D eigenvalue weighted by Gasteiger charge is -2.50. The molecule has 0 radical (unpaired) electrons. The number of carbonyl (C=O) groups is 1. The van der Waals surface area contributed by atoms with Gasteiger partial charge < -0.3 is 10.0 Å². The van der Waals surface area contributed by atoms with E-state index in [0.717, 1.165) is 37.0 Å². The van der Waals surface area contributed by atoms with E-state index >= 15 is 0 Å². The predicted octanol–water partition coefficient (Wildman–Crippen LogP) is 3.41. The SMILES string of the molecule is CC(O)C(C)C1N=C2CCCCC2(c2ccccc2Cl)N(C)C1=O. The Labute approximate surface area is 148 Å². The van der Waals surface area contributed by atoms with Gasteiger partial charge in [0.05, 0.1) is 6.10 Å². The van der Waals surface area contributed by atoms with Crippen LogP contribution in [0.25, 0.3) is 0 Å². The van der Waals surface area contributed by atoms with Crippen molar-refractivity contribution in [3.8, 4) is 0 Å². The van der Waals surface area contributed by atoms with Gasteiger partial charge in [0.15, 0.2) is 0 Å². The second kappa shape index (κ2) is 6.49. The number of benzene rings is 1. The molecule has 1 saturated carbocycles. The standard InChI is InChI=1S/C19H25ClN2O2/c1-12(13(2)23)17-18(24)22(3)19(11-7-6-10-16(19)21-17)14-8-4-5-9-15(14)20/h4-5,8-9,12-13,17,23H,6-7,10-11H2,1-3H3. The van der Waals surface area contributed by atoms with Crippen molar-refractivity contribution in [2.45, 2.75) is 57.2 Å². The normalized spacial score (nSPS) is 29.7. The molecule has 1 fully saturated rings. The van der Waals surface area contributed by atoms with Gasteiger partial charge >= 0.3 is 0 Å². The summed E-state index contributed by atoms with van der Waals surface area (Å²) in [6.45, 7) is 3.60. The van der Waals surface area contributed by atoms with Gasteiger partial charge in [-0.2, -0.15) is 0 Å². The summed E-state index contributed by atoms with van der Waals surface area (Å²) >= 11 is 6.50. The average molecular weight is 349 g/mol. The fraction of sp³-hybridized carbons (Fsp3) is 0.579. The molecule has 24 heavy (non-hydrogen) atoms. The summed E-state index contributed by atoms with van der Waals surface area (Å²) < 4.78 is 0. The van der Waals surface area contributed by atoms with E-state index in [-0.39, 0.29) is 11.8 Å². The summed E-state index contributed by atoms with van der Waals surface area (Å²) in [6.07, 6.45) is 3.24. The number of aliphatic imine (C=N–C) groups is 1. The van der Waals surface area contributed by atoms with Crippen molar-refractivity contribution in [1.29, 1.82) is 0 Å². The van der Waals surface area contributed by atoms with E-state index < -0.39 is 17.7 Å². The Morgan fingerprint density at radius 1 is 1.33 bits per heavy atom. The first-order valence-electron chi connectivity index (χ1n) is 8.67. The molecule has 4 atom stereocenters. The highest BCUT2D eigenvalue weighted by Crippen LogP contribution is 2.45. The van der Waals surface area contributed by atoms with Gasteiger partial charge in [-0.05, 0) is 38.7 Å². The van der Waals surface area contributed by atoms with Crippen LogP contribution >= 0.6 is 11.6 Å². The van der Waals surface area contributed by atoms with Crippen LogP contribution in [0.1, 0.15) is 45.1 Å². The molecule has 3 rings (SSSR count). The number of rotatable bonds is 3. The number of fused-ring (bicyclic) bond motifs is 1. The Hall–Kier alpha value is -1.39. The molecule has 130 valence electrons. The molecule has 0 spiro atoms. The average Bonchev–Trinajstić information content (AvgIpc) is 2.58. The van der Waals surface area contributed by atoms with Crippen LogP contribution in [0.5, 0.6) is 0 Å². The lowest BCUT2D eigenvalue weighted by Crippen LogP contribution is -2.61. The Bertz CT molecular complexity index is 673. The van der Waals surface area contributed by atoms with Gasteiger partial charge in [0, 0.05) is 29.3 Å². The Morgan fingerprint density at radius 2 is 2.04 bits per heavy atom. The maximum Gasteiger partial charge on any atom is 0.248 e. The molecule has 0 saturated heterocycles. The van der Waals surface area contributed by atoms with Crippen molar-refractivity contribution in [1.82, 2.24) is 4.90 Å². The van der Waals surface area contributed by atoms with Gasteiger partial charge in [0.1, 0.15) is 11.6 Å². The lowest BCUT2D eigenvalue weighted by atomic mass is 9.71. The lowest BCUT2D eigenvalue weighted by molar-refractivity contribution is -0.139. The fourth-order valence-electron chi connectivity index (χ4n) is 4.04. The first kappa shape index (κ1) is 17.4. The summed E-state index contributed by atoms with van der Waals surface area (Å²) in [4.78, 5) is 19.8. The molecular formula is C19H25ClN2O2. The van der Waals surface area contributed by atoms with Crippen molar-refractivity contribution < 1.29 is 9.90 Å². The topological polar surface area (TPSA) is 52.9 Å². The predicted molar refractivity (Wildman–Crippen MR) is 96.4 cm³/mol. The van der Waals surface area contributed by atoms with Crippen LogP contribution in [-0.2, 0) is 10.3 Å². The Morgan fingerprint density at radius 3 is 2.71 bits per heavy atom. The molecule has 1 aliphatic carbocycles. The summed E-state index contributed by atoms with van der Waals surface area (Å²) in [5.74, 6) is -0.243. The first-order valence-corrected chi connectivity index (χ1v) is 9.05. The molecule has 2 aliphatic rings. The number of likely N-dealkylation sites (N-methyl/N-ethyl adjacent to an activating group) is 1. The molecule has 1 N–H and O–H groups in total.